The van der Waals surface area contributed by atoms with Crippen LogP contribution in [-0.4, -0.2) is 39.1 Å². The second kappa shape index (κ2) is 8.22. The number of carbonyl (C=O) groups excluding carboxylic acids is 1. The number of hydrogen-bond acceptors (Lipinski definition) is 8. The smallest absolute Gasteiger partial charge is 0.257 e. The molecule has 1 unspecified atom stereocenters. The highest BCUT2D eigenvalue weighted by molar-refractivity contribution is 6.00. The molecule has 1 aliphatic heterocycles. The molecule has 3 N–H and O–H groups in total. The van der Waals surface area contributed by atoms with Crippen LogP contribution in [0.15, 0.2) is 47.3 Å². The van der Waals surface area contributed by atoms with Crippen LogP contribution in [0.25, 0.3) is 5.65 Å². The topological polar surface area (TPSA) is 119 Å². The molecule has 1 aliphatic rings. The van der Waals surface area contributed by atoms with Crippen molar-refractivity contribution in [1.82, 2.24) is 24.9 Å². The van der Waals surface area contributed by atoms with Crippen LogP contribution in [0, 0.1) is 0 Å². The number of ether oxygens (including phenoxy) is 1. The van der Waals surface area contributed by atoms with Gasteiger partial charge in [-0.2, -0.15) is 9.61 Å². The largest absolute Gasteiger partial charge is 0.491 e. The average molecular weight is 433 g/mol. The zero-order valence-electron chi connectivity index (χ0n) is 17.8. The number of amides is 1. The fourth-order valence-electron chi connectivity index (χ4n) is 3.78. The van der Waals surface area contributed by atoms with E-state index in [2.05, 4.69) is 37.1 Å². The van der Waals surface area contributed by atoms with E-state index in [1.165, 1.54) is 24.2 Å². The van der Waals surface area contributed by atoms with Gasteiger partial charge in [0.1, 0.15) is 35.3 Å². The van der Waals surface area contributed by atoms with Crippen LogP contribution in [0.1, 0.15) is 41.2 Å². The molecule has 10 heteroatoms. The lowest BCUT2D eigenvalue weighted by molar-refractivity contribution is 0.0935. The lowest BCUT2D eigenvalue weighted by Gasteiger charge is -2.21. The van der Waals surface area contributed by atoms with E-state index < -0.39 is 6.04 Å². The van der Waals surface area contributed by atoms with E-state index in [0.717, 1.165) is 24.3 Å². The minimum absolute atomic E-state index is 0.321. The summed E-state index contributed by atoms with van der Waals surface area (Å²) in [6, 6.07) is 7.46. The summed E-state index contributed by atoms with van der Waals surface area (Å²) in [5, 5.41) is 13.7. The Morgan fingerprint density at radius 1 is 1.31 bits per heavy atom. The van der Waals surface area contributed by atoms with Crippen LogP contribution >= 0.6 is 0 Å². The number of hydrogen-bond donors (Lipinski definition) is 3. The summed E-state index contributed by atoms with van der Waals surface area (Å²) in [5.41, 5.74) is 2.77. The van der Waals surface area contributed by atoms with Crippen LogP contribution in [0.4, 0.5) is 17.3 Å². The quantitative estimate of drug-likeness (QED) is 0.424. The van der Waals surface area contributed by atoms with E-state index >= 15 is 0 Å². The van der Waals surface area contributed by atoms with Gasteiger partial charge in [-0.3, -0.25) is 4.79 Å². The summed E-state index contributed by atoms with van der Waals surface area (Å²) >= 11 is 0. The third-order valence-corrected chi connectivity index (χ3v) is 5.34. The van der Waals surface area contributed by atoms with Gasteiger partial charge in [0.25, 0.3) is 5.91 Å². The maximum atomic E-state index is 13.0. The molecule has 4 aromatic rings. The summed E-state index contributed by atoms with van der Waals surface area (Å²) in [6.07, 6.45) is 6.49. The van der Waals surface area contributed by atoms with Crippen molar-refractivity contribution >= 4 is 28.9 Å². The highest BCUT2D eigenvalue weighted by Gasteiger charge is 2.21. The first-order chi connectivity index (χ1) is 15.6. The van der Waals surface area contributed by atoms with Crippen LogP contribution in [-0.2, 0) is 6.42 Å². The maximum absolute atomic E-state index is 13.0. The summed E-state index contributed by atoms with van der Waals surface area (Å²) in [5.74, 6) is 2.20. The molecular weight excluding hydrogens is 410 g/mol. The molecule has 0 saturated carbocycles. The molecule has 3 aromatic heterocycles. The number of benzene rings is 1. The third-order valence-electron chi connectivity index (χ3n) is 5.34. The molecule has 5 rings (SSSR count). The number of aryl methyl sites for hydroxylation is 1. The number of fused-ring (bicyclic) bond motifs is 2. The third kappa shape index (κ3) is 3.59. The summed E-state index contributed by atoms with van der Waals surface area (Å²) in [4.78, 5) is 21.7. The molecule has 0 fully saturated rings. The van der Waals surface area contributed by atoms with E-state index in [0.29, 0.717) is 35.3 Å². The standard InChI is InChI=1S/C22H23N7O3/c1-13(22-24-8-10-32-22)26-21(30)15-12-25-29-18(23-2)11-17(28-20(15)29)27-16-7-3-5-14-6-4-9-31-19(14)16/h3,5,7-8,10-13,23H,4,6,9H2,1-2H3,(H,26,30)(H,27,28). The Morgan fingerprint density at radius 2 is 2.22 bits per heavy atom. The Balaban J connectivity index is 1.48. The van der Waals surface area contributed by atoms with Crippen LogP contribution < -0.4 is 20.7 Å². The molecule has 32 heavy (non-hydrogen) atoms. The van der Waals surface area contributed by atoms with Crippen LogP contribution in [0.3, 0.4) is 0 Å². The van der Waals surface area contributed by atoms with Gasteiger partial charge in [-0.25, -0.2) is 9.97 Å². The van der Waals surface area contributed by atoms with Gasteiger partial charge in [-0.05, 0) is 31.4 Å². The van der Waals surface area contributed by atoms with Gasteiger partial charge < -0.3 is 25.1 Å². The lowest BCUT2D eigenvalue weighted by atomic mass is 10.1. The van der Waals surface area contributed by atoms with E-state index in [-0.39, 0.29) is 5.91 Å². The molecule has 0 radical (unpaired) electrons. The number of nitrogens with one attached hydrogen (secondary N) is 3. The predicted octanol–water partition coefficient (Wildman–Crippen LogP) is 3.32. The summed E-state index contributed by atoms with van der Waals surface area (Å²) in [7, 11) is 1.79. The molecular formula is C22H23N7O3. The molecule has 0 saturated heterocycles. The molecule has 10 nitrogen and oxygen atoms in total. The Bertz CT molecular complexity index is 1270. The van der Waals surface area contributed by atoms with Gasteiger partial charge in [0.2, 0.25) is 5.89 Å². The molecule has 0 spiro atoms. The minimum Gasteiger partial charge on any atom is -0.491 e. The Morgan fingerprint density at radius 3 is 3.03 bits per heavy atom. The first-order valence-electron chi connectivity index (χ1n) is 10.4. The van der Waals surface area contributed by atoms with Crippen molar-refractivity contribution in [3.05, 3.63) is 59.9 Å². The highest BCUT2D eigenvalue weighted by atomic mass is 16.5. The van der Waals surface area contributed by atoms with Crippen molar-refractivity contribution in [3.63, 3.8) is 0 Å². The van der Waals surface area contributed by atoms with Gasteiger partial charge in [0.05, 0.1) is 24.7 Å². The second-order valence-electron chi connectivity index (χ2n) is 7.51. The van der Waals surface area contributed by atoms with Gasteiger partial charge in [0, 0.05) is 13.1 Å². The number of para-hydroxylation sites is 1. The van der Waals surface area contributed by atoms with Crippen molar-refractivity contribution in [3.8, 4) is 5.75 Å². The molecule has 164 valence electrons. The Hall–Kier alpha value is -4.08. The predicted molar refractivity (Wildman–Crippen MR) is 118 cm³/mol. The number of rotatable bonds is 6. The first kappa shape index (κ1) is 19.9. The van der Waals surface area contributed by atoms with E-state index in [1.807, 2.05) is 18.2 Å². The number of aromatic nitrogens is 4. The normalized spacial score (nSPS) is 13.8. The van der Waals surface area contributed by atoms with E-state index in [1.54, 1.807) is 18.5 Å². The first-order valence-corrected chi connectivity index (χ1v) is 10.4. The molecule has 0 aliphatic carbocycles. The highest BCUT2D eigenvalue weighted by Crippen LogP contribution is 2.35. The van der Waals surface area contributed by atoms with Gasteiger partial charge in [-0.15, -0.1) is 0 Å². The van der Waals surface area contributed by atoms with Crippen molar-refractivity contribution in [2.75, 3.05) is 24.3 Å². The second-order valence-corrected chi connectivity index (χ2v) is 7.51. The zero-order chi connectivity index (χ0) is 22.1. The van der Waals surface area contributed by atoms with Gasteiger partial charge in [0.15, 0.2) is 5.65 Å². The number of oxazole rings is 1. The van der Waals surface area contributed by atoms with Crippen LogP contribution in [0.2, 0.25) is 0 Å². The van der Waals surface area contributed by atoms with Crippen LogP contribution in [0.5, 0.6) is 5.75 Å². The molecule has 1 aromatic carbocycles. The maximum Gasteiger partial charge on any atom is 0.257 e. The fourth-order valence-corrected chi connectivity index (χ4v) is 3.78. The van der Waals surface area contributed by atoms with E-state index in [9.17, 15) is 4.79 Å². The number of anilines is 3. The monoisotopic (exact) mass is 433 g/mol. The Kier molecular flexibility index (Phi) is 5.10. The number of carbonyl (C=O) groups is 1. The lowest BCUT2D eigenvalue weighted by Crippen LogP contribution is -2.26. The van der Waals surface area contributed by atoms with E-state index in [4.69, 9.17) is 9.15 Å². The number of nitrogens with zero attached hydrogens (tertiary/aromatic N) is 4. The molecule has 1 amide bonds. The minimum atomic E-state index is -0.398. The molecule has 1 atom stereocenters. The van der Waals surface area contributed by atoms with Crippen molar-refractivity contribution in [2.24, 2.45) is 0 Å². The summed E-state index contributed by atoms with van der Waals surface area (Å²) < 4.78 is 12.8. The van der Waals surface area contributed by atoms with Gasteiger partial charge in [-0.1, -0.05) is 12.1 Å². The fraction of sp³-hybridized carbons (Fsp3) is 0.273. The summed E-state index contributed by atoms with van der Waals surface area (Å²) in [6.45, 7) is 2.49. The molecule has 0 bridgehead atoms. The van der Waals surface area contributed by atoms with Crippen molar-refractivity contribution < 1.29 is 13.9 Å². The van der Waals surface area contributed by atoms with Gasteiger partial charge >= 0.3 is 0 Å². The molecule has 4 heterocycles. The zero-order valence-corrected chi connectivity index (χ0v) is 17.8. The van der Waals surface area contributed by atoms with Crippen molar-refractivity contribution in [1.29, 1.82) is 0 Å². The Labute approximate surface area is 184 Å². The average Bonchev–Trinajstić information content (AvgIpc) is 3.49. The van der Waals surface area contributed by atoms with Crippen molar-refractivity contribution in [2.45, 2.75) is 25.8 Å². The SMILES string of the molecule is CNc1cc(Nc2cccc3c2OCCC3)nc2c(C(=O)NC(C)c3ncco3)cnn12.